The molecule has 6 nitrogen and oxygen atoms in total. The Balaban J connectivity index is 1.40. The maximum atomic E-state index is 6.07. The summed E-state index contributed by atoms with van der Waals surface area (Å²) in [6.07, 6.45) is 3.66. The van der Waals surface area contributed by atoms with E-state index in [0.29, 0.717) is 23.2 Å². The smallest absolute Gasteiger partial charge is 0.175 e. The van der Waals surface area contributed by atoms with Gasteiger partial charge in [-0.2, -0.15) is 10.2 Å². The van der Waals surface area contributed by atoms with E-state index in [1.165, 1.54) is 11.1 Å². The molecule has 164 valence electrons. The average molecular weight is 465 g/mol. The maximum absolute atomic E-state index is 6.07. The number of nitrogens with one attached hydrogen (secondary N) is 2. The Morgan fingerprint density at radius 2 is 1.75 bits per heavy atom. The third-order valence-electron chi connectivity index (χ3n) is 5.16. The van der Waals surface area contributed by atoms with Crippen molar-refractivity contribution >= 4 is 40.3 Å². The predicted molar refractivity (Wildman–Crippen MR) is 135 cm³/mol. The second kappa shape index (κ2) is 9.54. The number of anilines is 2. The quantitative estimate of drug-likeness (QED) is 0.365. The first-order valence-electron chi connectivity index (χ1n) is 10.3. The Morgan fingerprint density at radius 3 is 2.50 bits per heavy atom. The summed E-state index contributed by atoms with van der Waals surface area (Å²) in [6.45, 7) is 7.47. The lowest BCUT2D eigenvalue weighted by atomic mass is 10.1. The van der Waals surface area contributed by atoms with Crippen molar-refractivity contribution in [3.8, 4) is 0 Å². The van der Waals surface area contributed by atoms with Gasteiger partial charge in [-0.05, 0) is 56.2 Å². The topological polar surface area (TPSA) is 59.7 Å². The lowest BCUT2D eigenvalue weighted by Gasteiger charge is -2.10. The first-order chi connectivity index (χ1) is 15.4. The van der Waals surface area contributed by atoms with Crippen LogP contribution in [0, 0.1) is 20.8 Å². The van der Waals surface area contributed by atoms with Crippen molar-refractivity contribution in [2.75, 3.05) is 10.6 Å². The Kier molecular flexibility index (Phi) is 6.58. The van der Waals surface area contributed by atoms with Crippen molar-refractivity contribution in [3.05, 3.63) is 94.0 Å². The number of thiocarbonyl (C=S) groups is 1. The normalized spacial score (nSPS) is 10.9. The van der Waals surface area contributed by atoms with E-state index in [2.05, 4.69) is 46.9 Å². The van der Waals surface area contributed by atoms with Crippen LogP contribution in [0.25, 0.3) is 0 Å². The number of hydrogen-bond acceptors (Lipinski definition) is 3. The molecule has 0 aliphatic rings. The Bertz CT molecular complexity index is 1260. The van der Waals surface area contributed by atoms with Crippen molar-refractivity contribution in [1.82, 2.24) is 19.6 Å². The fraction of sp³-hybridized carbons (Fsp3) is 0.208. The van der Waals surface area contributed by atoms with E-state index in [-0.39, 0.29) is 0 Å². The summed E-state index contributed by atoms with van der Waals surface area (Å²) < 4.78 is 3.84. The van der Waals surface area contributed by atoms with Crippen LogP contribution in [0.3, 0.4) is 0 Å². The van der Waals surface area contributed by atoms with Crippen LogP contribution in [0.1, 0.15) is 28.1 Å². The number of nitrogens with zero attached hydrogens (tertiary/aromatic N) is 4. The number of halogens is 1. The van der Waals surface area contributed by atoms with Gasteiger partial charge in [-0.25, -0.2) is 0 Å². The van der Waals surface area contributed by atoms with Crippen molar-refractivity contribution in [1.29, 1.82) is 0 Å². The molecule has 2 N–H and O–H groups in total. The fourth-order valence-electron chi connectivity index (χ4n) is 3.63. The van der Waals surface area contributed by atoms with Gasteiger partial charge in [0.05, 0.1) is 42.0 Å². The van der Waals surface area contributed by atoms with Gasteiger partial charge in [0.1, 0.15) is 0 Å². The Labute approximate surface area is 198 Å². The molecule has 0 aliphatic heterocycles. The minimum atomic E-state index is 0.494. The highest BCUT2D eigenvalue weighted by molar-refractivity contribution is 7.80. The molecule has 2 aromatic heterocycles. The third-order valence-corrected chi connectivity index (χ3v) is 5.60. The highest BCUT2D eigenvalue weighted by atomic mass is 35.5. The van der Waals surface area contributed by atoms with Gasteiger partial charge in [0, 0.05) is 11.2 Å². The first-order valence-corrected chi connectivity index (χ1v) is 11.1. The molecule has 4 rings (SSSR count). The van der Waals surface area contributed by atoms with Crippen LogP contribution >= 0.6 is 23.8 Å². The highest BCUT2D eigenvalue weighted by Gasteiger charge is 2.13. The van der Waals surface area contributed by atoms with Crippen LogP contribution in [0.5, 0.6) is 0 Å². The molecule has 0 aliphatic carbocycles. The number of hydrogen-bond donors (Lipinski definition) is 2. The van der Waals surface area contributed by atoms with Gasteiger partial charge in [0.25, 0.3) is 0 Å². The summed E-state index contributed by atoms with van der Waals surface area (Å²) in [6, 6.07) is 16.2. The number of benzene rings is 2. The SMILES string of the molecule is Cc1cccc(Cn2nc(C)c(NC(=S)Nc3cnn(Cc4cccc(Cl)c4)c3)c2C)c1. The summed E-state index contributed by atoms with van der Waals surface area (Å²) in [5, 5.41) is 16.8. The monoisotopic (exact) mass is 464 g/mol. The predicted octanol–water partition coefficient (Wildman–Crippen LogP) is 5.56. The summed E-state index contributed by atoms with van der Waals surface area (Å²) >= 11 is 11.6. The maximum Gasteiger partial charge on any atom is 0.175 e. The van der Waals surface area contributed by atoms with E-state index in [4.69, 9.17) is 28.9 Å². The molecule has 8 heteroatoms. The molecule has 0 saturated heterocycles. The van der Waals surface area contributed by atoms with Crippen molar-refractivity contribution in [2.45, 2.75) is 33.9 Å². The molecule has 0 saturated carbocycles. The zero-order valence-corrected chi connectivity index (χ0v) is 19.8. The van der Waals surface area contributed by atoms with Gasteiger partial charge in [-0.1, -0.05) is 53.6 Å². The van der Waals surface area contributed by atoms with Crippen LogP contribution < -0.4 is 10.6 Å². The summed E-state index contributed by atoms with van der Waals surface area (Å²) in [7, 11) is 0. The summed E-state index contributed by atoms with van der Waals surface area (Å²) in [5.41, 5.74) is 7.20. The van der Waals surface area contributed by atoms with Crippen molar-refractivity contribution < 1.29 is 0 Å². The molecule has 2 heterocycles. The standard InChI is InChI=1S/C24H25ClN6S/c1-16-6-4-7-19(10-16)14-31-18(3)23(17(2)29-31)28-24(32)27-22-12-26-30(15-22)13-20-8-5-9-21(25)11-20/h4-12,15H,13-14H2,1-3H3,(H2,27,28,32). The molecule has 0 unspecified atom stereocenters. The minimum absolute atomic E-state index is 0.494. The summed E-state index contributed by atoms with van der Waals surface area (Å²) in [5.74, 6) is 0. The number of aromatic nitrogens is 4. The third kappa shape index (κ3) is 5.36. The molecule has 2 aromatic carbocycles. The van der Waals surface area contributed by atoms with E-state index in [1.54, 1.807) is 6.20 Å². The molecule has 0 amide bonds. The largest absolute Gasteiger partial charge is 0.330 e. The molecule has 0 bridgehead atoms. The number of aryl methyl sites for hydroxylation is 2. The van der Waals surface area contributed by atoms with Crippen LogP contribution in [0.15, 0.2) is 60.9 Å². The van der Waals surface area contributed by atoms with Gasteiger partial charge < -0.3 is 10.6 Å². The van der Waals surface area contributed by atoms with E-state index >= 15 is 0 Å². The van der Waals surface area contributed by atoms with Gasteiger partial charge in [-0.15, -0.1) is 0 Å². The average Bonchev–Trinajstić information content (AvgIpc) is 3.27. The van der Waals surface area contributed by atoms with Gasteiger partial charge in [0.15, 0.2) is 5.11 Å². The van der Waals surface area contributed by atoms with Gasteiger partial charge in [0.2, 0.25) is 0 Å². The molecular weight excluding hydrogens is 440 g/mol. The van der Waals surface area contributed by atoms with Gasteiger partial charge in [-0.3, -0.25) is 9.36 Å². The molecule has 0 spiro atoms. The van der Waals surface area contributed by atoms with E-state index in [1.807, 2.05) is 53.7 Å². The van der Waals surface area contributed by atoms with Crippen LogP contribution in [0.4, 0.5) is 11.4 Å². The number of rotatable bonds is 6. The lowest BCUT2D eigenvalue weighted by molar-refractivity contribution is 0.659. The van der Waals surface area contributed by atoms with Crippen molar-refractivity contribution in [3.63, 3.8) is 0 Å². The summed E-state index contributed by atoms with van der Waals surface area (Å²) in [4.78, 5) is 0. The molecule has 0 fully saturated rings. The van der Waals surface area contributed by atoms with E-state index in [0.717, 1.165) is 28.3 Å². The molecule has 32 heavy (non-hydrogen) atoms. The van der Waals surface area contributed by atoms with E-state index in [9.17, 15) is 0 Å². The fourth-order valence-corrected chi connectivity index (χ4v) is 4.06. The molecule has 4 aromatic rings. The van der Waals surface area contributed by atoms with E-state index < -0.39 is 0 Å². The molecule has 0 radical (unpaired) electrons. The Hall–Kier alpha value is -3.16. The lowest BCUT2D eigenvalue weighted by Crippen LogP contribution is -2.19. The second-order valence-corrected chi connectivity index (χ2v) is 8.67. The van der Waals surface area contributed by atoms with Gasteiger partial charge >= 0.3 is 0 Å². The second-order valence-electron chi connectivity index (χ2n) is 7.83. The highest BCUT2D eigenvalue weighted by Crippen LogP contribution is 2.21. The molecule has 0 atom stereocenters. The zero-order chi connectivity index (χ0) is 22.7. The zero-order valence-electron chi connectivity index (χ0n) is 18.3. The Morgan fingerprint density at radius 1 is 1.00 bits per heavy atom. The molecular formula is C24H25ClN6S. The minimum Gasteiger partial charge on any atom is -0.330 e. The van der Waals surface area contributed by atoms with Crippen LogP contribution in [-0.4, -0.2) is 24.7 Å². The first kappa shape index (κ1) is 22.0. The van der Waals surface area contributed by atoms with Crippen LogP contribution in [0.2, 0.25) is 5.02 Å². The van der Waals surface area contributed by atoms with Crippen molar-refractivity contribution in [2.24, 2.45) is 0 Å². The van der Waals surface area contributed by atoms with Crippen LogP contribution in [-0.2, 0) is 13.1 Å².